The average Bonchev–Trinajstić information content (AvgIpc) is 3.51. The van der Waals surface area contributed by atoms with Crippen molar-refractivity contribution in [1.82, 2.24) is 5.32 Å². The van der Waals surface area contributed by atoms with Crippen molar-refractivity contribution in [2.75, 3.05) is 13.2 Å². The number of aliphatic hydroxyl groups is 2. The minimum atomic E-state index is -0.844. The van der Waals surface area contributed by atoms with Gasteiger partial charge in [0.25, 0.3) is 0 Å². The zero-order chi connectivity index (χ0) is 61.3. The van der Waals surface area contributed by atoms with Crippen LogP contribution < -0.4 is 5.32 Å². The van der Waals surface area contributed by atoms with Crippen LogP contribution in [-0.2, 0) is 14.3 Å². The van der Waals surface area contributed by atoms with Crippen LogP contribution >= 0.6 is 0 Å². The van der Waals surface area contributed by atoms with Crippen molar-refractivity contribution in [3.8, 4) is 0 Å². The molecule has 0 radical (unpaired) electrons. The van der Waals surface area contributed by atoms with Crippen LogP contribution in [0.15, 0.2) is 36.5 Å². The molecule has 0 aromatic rings. The lowest BCUT2D eigenvalue weighted by Gasteiger charge is -2.20. The van der Waals surface area contributed by atoms with Gasteiger partial charge in [0.15, 0.2) is 0 Å². The van der Waals surface area contributed by atoms with E-state index in [-0.39, 0.29) is 18.5 Å². The number of nitrogens with one attached hydrogen (secondary N) is 1. The number of carbonyl (C=O) groups is 2. The molecule has 0 aromatic heterocycles. The van der Waals surface area contributed by atoms with Gasteiger partial charge in [-0.25, -0.2) is 0 Å². The fourth-order valence-corrected chi connectivity index (χ4v) is 12.3. The molecule has 0 rings (SSSR count). The number of allylic oxidation sites excluding steroid dienone is 5. The Bertz CT molecular complexity index is 1380. The van der Waals surface area contributed by atoms with Crippen molar-refractivity contribution in [1.29, 1.82) is 0 Å². The van der Waals surface area contributed by atoms with Crippen LogP contribution in [0, 0.1) is 0 Å². The van der Waals surface area contributed by atoms with E-state index in [1.54, 1.807) is 6.08 Å². The summed E-state index contributed by atoms with van der Waals surface area (Å²) < 4.78 is 5.50. The molecule has 3 N–H and O–H groups in total. The first-order valence-corrected chi connectivity index (χ1v) is 38.8. The van der Waals surface area contributed by atoms with Crippen molar-refractivity contribution in [2.24, 2.45) is 0 Å². The second kappa shape index (κ2) is 74.5. The Labute approximate surface area is 532 Å². The minimum Gasteiger partial charge on any atom is -0.466 e. The molecule has 0 aliphatic rings. The number of aliphatic hydroxyl groups excluding tert-OH is 2. The maximum atomic E-state index is 12.6. The second-order valence-corrected chi connectivity index (χ2v) is 26.7. The van der Waals surface area contributed by atoms with Crippen LogP contribution in [0.5, 0.6) is 0 Å². The zero-order valence-corrected chi connectivity index (χ0v) is 57.6. The van der Waals surface area contributed by atoms with E-state index in [2.05, 4.69) is 43.5 Å². The van der Waals surface area contributed by atoms with Gasteiger partial charge in [0.2, 0.25) is 5.91 Å². The highest BCUT2D eigenvalue weighted by atomic mass is 16.5. The first-order valence-electron chi connectivity index (χ1n) is 38.8. The van der Waals surface area contributed by atoms with Crippen LogP contribution in [0.3, 0.4) is 0 Å². The van der Waals surface area contributed by atoms with Crippen LogP contribution in [-0.4, -0.2) is 47.4 Å². The Balaban J connectivity index is 3.38. The number of hydrogen-bond donors (Lipinski definition) is 3. The highest BCUT2D eigenvalue weighted by Crippen LogP contribution is 2.20. The average molecular weight is 1200 g/mol. The van der Waals surface area contributed by atoms with Crippen molar-refractivity contribution in [3.63, 3.8) is 0 Å². The lowest BCUT2D eigenvalue weighted by Crippen LogP contribution is -2.45. The summed E-state index contributed by atoms with van der Waals surface area (Å²) >= 11 is 0. The molecule has 2 atom stereocenters. The van der Waals surface area contributed by atoms with Crippen LogP contribution in [0.4, 0.5) is 0 Å². The van der Waals surface area contributed by atoms with Crippen molar-refractivity contribution < 1.29 is 24.5 Å². The van der Waals surface area contributed by atoms with E-state index < -0.39 is 12.1 Å². The lowest BCUT2D eigenvalue weighted by atomic mass is 10.0. The third-order valence-electron chi connectivity index (χ3n) is 18.2. The summed E-state index contributed by atoms with van der Waals surface area (Å²) in [5, 5.41) is 23.3. The van der Waals surface area contributed by atoms with Crippen LogP contribution in [0.1, 0.15) is 431 Å². The third-order valence-corrected chi connectivity index (χ3v) is 18.2. The Morgan fingerprint density at radius 1 is 0.329 bits per heavy atom. The molecule has 502 valence electrons. The number of hydrogen-bond acceptors (Lipinski definition) is 5. The summed E-state index contributed by atoms with van der Waals surface area (Å²) in [6.07, 6.45) is 96.8. The van der Waals surface area contributed by atoms with E-state index in [1.165, 1.54) is 353 Å². The van der Waals surface area contributed by atoms with Gasteiger partial charge >= 0.3 is 5.97 Å². The van der Waals surface area contributed by atoms with E-state index in [0.717, 1.165) is 51.4 Å². The Morgan fingerprint density at radius 2 is 0.588 bits per heavy atom. The van der Waals surface area contributed by atoms with Crippen molar-refractivity contribution in [2.45, 2.75) is 443 Å². The Hall–Kier alpha value is -1.92. The van der Waals surface area contributed by atoms with Gasteiger partial charge in [0, 0.05) is 12.8 Å². The number of ether oxygens (including phenoxy) is 1. The molecule has 0 bridgehead atoms. The lowest BCUT2D eigenvalue weighted by molar-refractivity contribution is -0.143. The van der Waals surface area contributed by atoms with Gasteiger partial charge in [-0.2, -0.15) is 0 Å². The number of unbranched alkanes of at least 4 members (excludes halogenated alkanes) is 58. The Morgan fingerprint density at radius 3 is 0.906 bits per heavy atom. The first-order chi connectivity index (χ1) is 42.0. The van der Waals surface area contributed by atoms with E-state index in [9.17, 15) is 19.8 Å². The highest BCUT2D eigenvalue weighted by molar-refractivity contribution is 5.76. The summed E-state index contributed by atoms with van der Waals surface area (Å²) in [5.41, 5.74) is 0. The summed E-state index contributed by atoms with van der Waals surface area (Å²) in [6, 6.07) is -0.627. The van der Waals surface area contributed by atoms with E-state index in [4.69, 9.17) is 4.74 Å². The standard InChI is InChI=1S/C79H151NO5/c1-3-5-7-9-11-13-15-17-19-21-22-23-24-31-34-37-40-43-47-51-55-59-63-67-71-77(82)76(75-81)80-78(83)72-68-64-60-56-52-48-44-41-38-35-32-29-27-25-26-28-30-33-36-39-42-46-50-54-58-62-66-70-74-85-79(84)73-69-65-61-57-53-49-45-20-18-16-14-12-10-8-6-4-2/h14,16,20,45,67,71,76-77,81-82H,3-13,15,17-19,21-44,46-66,68-70,72-75H2,1-2H3,(H,80,83)/b16-14-,45-20-,71-67+. The minimum absolute atomic E-state index is 0.00570. The number of amides is 1. The molecular weight excluding hydrogens is 1040 g/mol. The van der Waals surface area contributed by atoms with E-state index in [1.807, 2.05) is 6.08 Å². The summed E-state index contributed by atoms with van der Waals surface area (Å²) in [6.45, 7) is 4.93. The van der Waals surface area contributed by atoms with Gasteiger partial charge in [-0.3, -0.25) is 9.59 Å². The quantitative estimate of drug-likeness (QED) is 0.0320. The van der Waals surface area contributed by atoms with Gasteiger partial charge in [0.1, 0.15) is 0 Å². The maximum absolute atomic E-state index is 12.6. The fraction of sp³-hybridized carbons (Fsp3) is 0.899. The fourth-order valence-electron chi connectivity index (χ4n) is 12.3. The number of esters is 1. The smallest absolute Gasteiger partial charge is 0.305 e. The molecule has 0 saturated carbocycles. The van der Waals surface area contributed by atoms with Crippen molar-refractivity contribution in [3.05, 3.63) is 36.5 Å². The topological polar surface area (TPSA) is 95.9 Å². The predicted octanol–water partition coefficient (Wildman–Crippen LogP) is 25.4. The van der Waals surface area contributed by atoms with Crippen LogP contribution in [0.2, 0.25) is 0 Å². The first kappa shape index (κ1) is 83.1. The van der Waals surface area contributed by atoms with E-state index >= 15 is 0 Å². The summed E-state index contributed by atoms with van der Waals surface area (Å²) in [4.78, 5) is 24.6. The van der Waals surface area contributed by atoms with E-state index in [0.29, 0.717) is 19.4 Å². The van der Waals surface area contributed by atoms with Crippen LogP contribution in [0.25, 0.3) is 0 Å². The Kier molecular flexibility index (Phi) is 72.9. The summed E-state index contributed by atoms with van der Waals surface area (Å²) in [5.74, 6) is -0.0544. The monoisotopic (exact) mass is 1190 g/mol. The molecular formula is C79H151NO5. The molecule has 0 heterocycles. The molecule has 0 fully saturated rings. The molecule has 85 heavy (non-hydrogen) atoms. The number of carbonyl (C=O) groups excluding carboxylic acids is 2. The SMILES string of the molecule is CCCCCC/C=C\C/C=C\CCCCCCCC(=O)OCCCCCCCCCCCCCCCCCCCCCCCCCCCCCCC(=O)NC(CO)C(O)/C=C/CCCCCCCCCCCCCCCCCCCCCCCC. The zero-order valence-electron chi connectivity index (χ0n) is 57.6. The third kappa shape index (κ3) is 71.0. The van der Waals surface area contributed by atoms with Gasteiger partial charge in [-0.15, -0.1) is 0 Å². The predicted molar refractivity (Wildman–Crippen MR) is 375 cm³/mol. The molecule has 1 amide bonds. The molecule has 0 aliphatic carbocycles. The molecule has 2 unspecified atom stereocenters. The van der Waals surface area contributed by atoms with Gasteiger partial charge < -0.3 is 20.3 Å². The molecule has 6 nitrogen and oxygen atoms in total. The van der Waals surface area contributed by atoms with Gasteiger partial charge in [-0.05, 0) is 64.2 Å². The molecule has 0 spiro atoms. The molecule has 0 saturated heterocycles. The maximum Gasteiger partial charge on any atom is 0.305 e. The molecule has 6 heteroatoms. The number of rotatable bonds is 73. The second-order valence-electron chi connectivity index (χ2n) is 26.7. The largest absolute Gasteiger partial charge is 0.466 e. The van der Waals surface area contributed by atoms with Crippen molar-refractivity contribution >= 4 is 11.9 Å². The van der Waals surface area contributed by atoms with Gasteiger partial charge in [0.05, 0.1) is 25.4 Å². The molecule has 0 aromatic carbocycles. The normalized spacial score (nSPS) is 12.7. The highest BCUT2D eigenvalue weighted by Gasteiger charge is 2.18. The molecule has 0 aliphatic heterocycles. The van der Waals surface area contributed by atoms with Gasteiger partial charge in [-0.1, -0.05) is 391 Å². The summed E-state index contributed by atoms with van der Waals surface area (Å²) in [7, 11) is 0.